The largest absolute Gasteiger partial charge is 0.451 e. The standard InChI is InChI=1S/C30HF13N12/c31-20-16-11(14(8(2-44)3-45)19(13(16)7-49)22-52-25(29(38,39)40)55-26(53-22)30(41,42)43)1-10-12(6-48)18(15(17(10)20)9(4-46)5-47)21-50-23(27(32,33)34)54-24(51-21)28(35,36)37/h1H. The first-order valence-electron chi connectivity index (χ1n) is 13.6. The van der Waals surface area contributed by atoms with Crippen LogP contribution in [0.1, 0.15) is 57.2 Å². The third-order valence-electron chi connectivity index (χ3n) is 7.21. The lowest BCUT2D eigenvalue weighted by Crippen LogP contribution is -2.21. The second kappa shape index (κ2) is 12.7. The summed E-state index contributed by atoms with van der Waals surface area (Å²) in [6, 6.07) is 7.91. The van der Waals surface area contributed by atoms with Gasteiger partial charge in [-0.3, -0.25) is 0 Å². The van der Waals surface area contributed by atoms with E-state index in [-0.39, 0.29) is 0 Å². The van der Waals surface area contributed by atoms with Crippen LogP contribution in [0, 0.1) is 73.8 Å². The summed E-state index contributed by atoms with van der Waals surface area (Å²) in [4.78, 5) is 16.2. The van der Waals surface area contributed by atoms with Gasteiger partial charge in [0.25, 0.3) is 0 Å². The van der Waals surface area contributed by atoms with Crippen molar-refractivity contribution in [3.8, 4) is 36.4 Å². The normalized spacial score (nSPS) is 13.9. The highest BCUT2D eigenvalue weighted by Gasteiger charge is 2.47. The number of hydrogen-bond donors (Lipinski definition) is 0. The van der Waals surface area contributed by atoms with Crippen molar-refractivity contribution in [2.75, 3.05) is 0 Å². The quantitative estimate of drug-likeness (QED) is 0.194. The average Bonchev–Trinajstić information content (AvgIpc) is 3.61. The molecule has 2 heterocycles. The van der Waals surface area contributed by atoms with Gasteiger partial charge in [-0.2, -0.15) is 84.3 Å². The summed E-state index contributed by atoms with van der Waals surface area (Å²) >= 11 is 0. The second-order valence-electron chi connectivity index (χ2n) is 10.3. The van der Waals surface area contributed by atoms with Gasteiger partial charge in [-0.25, -0.2) is 34.3 Å². The van der Waals surface area contributed by atoms with Gasteiger partial charge in [-0.05, 0) is 11.6 Å². The molecule has 1 aromatic carbocycles. The van der Waals surface area contributed by atoms with Crippen LogP contribution in [0.3, 0.4) is 0 Å². The van der Waals surface area contributed by atoms with E-state index < -0.39 is 132 Å². The number of aromatic nitrogens is 6. The molecule has 55 heavy (non-hydrogen) atoms. The first-order valence-corrected chi connectivity index (χ1v) is 13.6. The van der Waals surface area contributed by atoms with Crippen molar-refractivity contribution in [3.05, 3.63) is 80.2 Å². The van der Waals surface area contributed by atoms with Crippen LogP contribution in [0.15, 0.2) is 17.2 Å². The third-order valence-corrected chi connectivity index (χ3v) is 7.21. The highest BCUT2D eigenvalue weighted by molar-refractivity contribution is 6.29. The average molecular weight is 776 g/mol. The number of hydrogen-bond acceptors (Lipinski definition) is 12. The lowest BCUT2D eigenvalue weighted by atomic mass is 9.90. The summed E-state index contributed by atoms with van der Waals surface area (Å²) < 4.78 is 181. The molecule has 0 radical (unpaired) electrons. The van der Waals surface area contributed by atoms with Gasteiger partial charge < -0.3 is 0 Å². The van der Waals surface area contributed by atoms with Crippen LogP contribution in [-0.2, 0) is 24.7 Å². The van der Waals surface area contributed by atoms with Crippen LogP contribution in [0.25, 0.3) is 33.4 Å². The molecule has 0 spiro atoms. The second-order valence-corrected chi connectivity index (χ2v) is 10.3. The molecule has 25 heteroatoms. The number of benzene rings is 1. The summed E-state index contributed by atoms with van der Waals surface area (Å²) in [5.41, 5.74) is -14.5. The SMILES string of the molecule is N#CC(C#N)=C1C(c2nc(C(F)(F)F)nc(C(F)(F)F)n2)=C(C#N)c2c1cc1c(c2F)C(=C(C#N)C#N)C(c2nc(C(F)(F)F)nc(C(F)(F)F)n2)=C1C#N. The predicted octanol–water partition coefficient (Wildman–Crippen LogP) is 6.77. The molecule has 0 fully saturated rings. The molecule has 0 bridgehead atoms. The van der Waals surface area contributed by atoms with E-state index in [2.05, 4.69) is 29.9 Å². The Morgan fingerprint density at radius 3 is 1.13 bits per heavy atom. The van der Waals surface area contributed by atoms with E-state index in [0.29, 0.717) is 6.07 Å². The highest BCUT2D eigenvalue weighted by atomic mass is 19.4. The van der Waals surface area contributed by atoms with Gasteiger partial charge in [0.2, 0.25) is 23.3 Å². The fourth-order valence-corrected chi connectivity index (χ4v) is 5.24. The van der Waals surface area contributed by atoms with Crippen LogP contribution in [0.4, 0.5) is 57.1 Å². The van der Waals surface area contributed by atoms with Crippen molar-refractivity contribution in [1.29, 1.82) is 31.6 Å². The molecule has 2 aliphatic rings. The van der Waals surface area contributed by atoms with Gasteiger partial charge in [0.05, 0.1) is 11.1 Å². The van der Waals surface area contributed by atoms with Gasteiger partial charge >= 0.3 is 24.7 Å². The maximum atomic E-state index is 17.0. The van der Waals surface area contributed by atoms with E-state index in [1.165, 1.54) is 36.4 Å². The van der Waals surface area contributed by atoms with E-state index in [4.69, 9.17) is 0 Å². The third kappa shape index (κ3) is 6.26. The number of fused-ring (bicyclic) bond motifs is 2. The minimum Gasteiger partial charge on any atom is -0.206 e. The topological polar surface area (TPSA) is 220 Å². The molecule has 0 saturated carbocycles. The van der Waals surface area contributed by atoms with E-state index in [0.717, 1.165) is 0 Å². The van der Waals surface area contributed by atoms with E-state index in [9.17, 15) is 84.3 Å². The van der Waals surface area contributed by atoms with Crippen LogP contribution in [-0.4, -0.2) is 29.9 Å². The molecule has 5 rings (SSSR count). The molecule has 0 aliphatic heterocycles. The molecule has 2 aromatic heterocycles. The smallest absolute Gasteiger partial charge is 0.206 e. The Labute approximate surface area is 293 Å². The van der Waals surface area contributed by atoms with Crippen molar-refractivity contribution in [1.82, 2.24) is 29.9 Å². The molecule has 3 aromatic rings. The van der Waals surface area contributed by atoms with Gasteiger partial charge in [0.1, 0.15) is 53.4 Å². The van der Waals surface area contributed by atoms with Crippen LogP contribution < -0.4 is 0 Å². The minimum atomic E-state index is -5.75. The molecule has 12 nitrogen and oxygen atoms in total. The maximum Gasteiger partial charge on any atom is 0.451 e. The monoisotopic (exact) mass is 776 g/mol. The molecule has 0 N–H and O–H groups in total. The Balaban J connectivity index is 2.00. The lowest BCUT2D eigenvalue weighted by molar-refractivity contribution is -0.156. The van der Waals surface area contributed by atoms with Crippen molar-refractivity contribution >= 4 is 33.4 Å². The van der Waals surface area contributed by atoms with E-state index >= 15 is 4.39 Å². The Morgan fingerprint density at radius 2 is 0.800 bits per heavy atom. The highest BCUT2D eigenvalue weighted by Crippen LogP contribution is 2.55. The van der Waals surface area contributed by atoms with Crippen LogP contribution in [0.5, 0.6) is 0 Å². The first-order chi connectivity index (χ1) is 25.5. The Bertz CT molecular complexity index is 2570. The van der Waals surface area contributed by atoms with Crippen molar-refractivity contribution in [2.24, 2.45) is 0 Å². The minimum absolute atomic E-state index is 0.507. The summed E-state index contributed by atoms with van der Waals surface area (Å²) in [6.45, 7) is 0. The Kier molecular flexibility index (Phi) is 8.89. The zero-order valence-corrected chi connectivity index (χ0v) is 25.4. The van der Waals surface area contributed by atoms with Crippen molar-refractivity contribution in [2.45, 2.75) is 24.7 Å². The molecule has 2 aliphatic carbocycles. The lowest BCUT2D eigenvalue weighted by Gasteiger charge is -2.14. The fourth-order valence-electron chi connectivity index (χ4n) is 5.24. The predicted molar refractivity (Wildman–Crippen MR) is 147 cm³/mol. The number of nitrogens with zero attached hydrogens (tertiary/aromatic N) is 12. The summed E-state index contributed by atoms with van der Waals surface area (Å²) in [7, 11) is 0. The van der Waals surface area contributed by atoms with Crippen molar-refractivity contribution < 1.29 is 57.1 Å². The summed E-state index contributed by atoms with van der Waals surface area (Å²) in [6.07, 6.45) is -23.0. The number of alkyl halides is 12. The molecule has 0 saturated heterocycles. The Morgan fingerprint density at radius 1 is 0.455 bits per heavy atom. The molecule has 0 atom stereocenters. The molecular weight excluding hydrogens is 775 g/mol. The van der Waals surface area contributed by atoms with Crippen LogP contribution in [0.2, 0.25) is 0 Å². The molecular formula is C30HF13N12. The van der Waals surface area contributed by atoms with Gasteiger partial charge in [-0.15, -0.1) is 0 Å². The summed E-state index contributed by atoms with van der Waals surface area (Å²) in [5.74, 6) is -15.4. The molecule has 0 unspecified atom stereocenters. The number of allylic oxidation sites excluding steroid dienone is 8. The number of nitriles is 6. The molecule has 0 amide bonds. The summed E-state index contributed by atoms with van der Waals surface area (Å²) in [5, 5.41) is 59.2. The fraction of sp³-hybridized carbons (Fsp3) is 0.133. The van der Waals surface area contributed by atoms with Crippen molar-refractivity contribution in [3.63, 3.8) is 0 Å². The van der Waals surface area contributed by atoms with Gasteiger partial charge in [0.15, 0.2) is 11.6 Å². The Hall–Kier alpha value is -7.77. The molecule has 272 valence electrons. The number of rotatable bonds is 2. The first kappa shape index (κ1) is 38.5. The van der Waals surface area contributed by atoms with Gasteiger partial charge in [-0.1, -0.05) is 0 Å². The zero-order valence-electron chi connectivity index (χ0n) is 25.4. The zero-order chi connectivity index (χ0) is 41.2. The van der Waals surface area contributed by atoms with Gasteiger partial charge in [0, 0.05) is 39.0 Å². The van der Waals surface area contributed by atoms with E-state index in [1.807, 2.05) is 0 Å². The number of halogens is 13. The van der Waals surface area contributed by atoms with E-state index in [1.54, 1.807) is 0 Å². The van der Waals surface area contributed by atoms with Crippen LogP contribution >= 0.6 is 0 Å². The maximum absolute atomic E-state index is 17.0.